The highest BCUT2D eigenvalue weighted by Crippen LogP contribution is 2.17. The maximum absolute atomic E-state index is 2.37. The van der Waals surface area contributed by atoms with Crippen LogP contribution in [0.1, 0.15) is 50.2 Å². The Morgan fingerprint density at radius 3 is 2.47 bits per heavy atom. The molecule has 17 heavy (non-hydrogen) atoms. The molecule has 0 aliphatic heterocycles. The van der Waals surface area contributed by atoms with Gasteiger partial charge >= 0.3 is 0 Å². The molecule has 0 aromatic heterocycles. The average Bonchev–Trinajstić information content (AvgIpc) is 2.28. The van der Waals surface area contributed by atoms with Gasteiger partial charge in [0.05, 0.1) is 0 Å². The van der Waals surface area contributed by atoms with E-state index in [-0.39, 0.29) is 0 Å². The van der Waals surface area contributed by atoms with Gasteiger partial charge in [-0.1, -0.05) is 44.5 Å². The SMILES string of the molecule is CC(C)c1cccc(CCCCCN(C)C)c1. The monoisotopic (exact) mass is 233 g/mol. The first kappa shape index (κ1) is 14.2. The smallest absolute Gasteiger partial charge is 0.00248 e. The summed E-state index contributed by atoms with van der Waals surface area (Å²) in [5, 5.41) is 0. The summed E-state index contributed by atoms with van der Waals surface area (Å²) in [4.78, 5) is 2.26. The van der Waals surface area contributed by atoms with Gasteiger partial charge in [-0.3, -0.25) is 0 Å². The molecular formula is C16H27N. The van der Waals surface area contributed by atoms with Crippen molar-refractivity contribution >= 4 is 0 Å². The second-order valence-electron chi connectivity index (χ2n) is 5.51. The molecule has 1 aromatic rings. The van der Waals surface area contributed by atoms with E-state index < -0.39 is 0 Å². The molecule has 0 bridgehead atoms. The van der Waals surface area contributed by atoms with E-state index in [0.29, 0.717) is 5.92 Å². The van der Waals surface area contributed by atoms with Crippen LogP contribution in [-0.4, -0.2) is 25.5 Å². The van der Waals surface area contributed by atoms with Gasteiger partial charge in [0.25, 0.3) is 0 Å². The summed E-state index contributed by atoms with van der Waals surface area (Å²) in [5.74, 6) is 0.642. The summed E-state index contributed by atoms with van der Waals surface area (Å²) in [7, 11) is 4.29. The van der Waals surface area contributed by atoms with Gasteiger partial charge in [-0.25, -0.2) is 0 Å². The number of hydrogen-bond acceptors (Lipinski definition) is 1. The highest BCUT2D eigenvalue weighted by molar-refractivity contribution is 5.25. The molecule has 1 rings (SSSR count). The molecule has 0 radical (unpaired) electrons. The van der Waals surface area contributed by atoms with E-state index in [1.165, 1.54) is 43.4 Å². The predicted octanol–water partition coefficient (Wildman–Crippen LogP) is 4.08. The molecule has 0 fully saturated rings. The van der Waals surface area contributed by atoms with Crippen molar-refractivity contribution in [3.8, 4) is 0 Å². The van der Waals surface area contributed by atoms with Crippen molar-refractivity contribution in [2.75, 3.05) is 20.6 Å². The summed E-state index contributed by atoms with van der Waals surface area (Å²) in [5.41, 5.74) is 2.97. The van der Waals surface area contributed by atoms with Crippen molar-refractivity contribution in [2.45, 2.75) is 45.4 Å². The normalized spacial score (nSPS) is 11.4. The van der Waals surface area contributed by atoms with E-state index in [1.54, 1.807) is 0 Å². The zero-order valence-electron chi connectivity index (χ0n) is 11.9. The van der Waals surface area contributed by atoms with Gasteiger partial charge in [-0.15, -0.1) is 0 Å². The number of aryl methyl sites for hydroxylation is 1. The van der Waals surface area contributed by atoms with Crippen LogP contribution in [0.4, 0.5) is 0 Å². The molecule has 0 aliphatic carbocycles. The standard InChI is InChI=1S/C16H27N/c1-14(2)16-11-8-10-15(13-16)9-6-5-7-12-17(3)4/h8,10-11,13-14H,5-7,9,12H2,1-4H3. The number of rotatable bonds is 7. The molecule has 1 nitrogen and oxygen atoms in total. The molecule has 0 unspecified atom stereocenters. The van der Waals surface area contributed by atoms with Gasteiger partial charge in [0.15, 0.2) is 0 Å². The van der Waals surface area contributed by atoms with Crippen LogP contribution in [0.25, 0.3) is 0 Å². The molecule has 0 heterocycles. The Labute approximate surface area is 107 Å². The quantitative estimate of drug-likeness (QED) is 0.641. The second-order valence-corrected chi connectivity index (χ2v) is 5.51. The zero-order valence-corrected chi connectivity index (χ0v) is 11.9. The molecule has 0 saturated heterocycles. The van der Waals surface area contributed by atoms with E-state index in [0.717, 1.165) is 0 Å². The van der Waals surface area contributed by atoms with Crippen LogP contribution in [-0.2, 0) is 6.42 Å². The molecular weight excluding hydrogens is 206 g/mol. The zero-order chi connectivity index (χ0) is 12.7. The summed E-state index contributed by atoms with van der Waals surface area (Å²) < 4.78 is 0. The fourth-order valence-corrected chi connectivity index (χ4v) is 2.04. The van der Waals surface area contributed by atoms with E-state index in [2.05, 4.69) is 57.1 Å². The van der Waals surface area contributed by atoms with E-state index in [9.17, 15) is 0 Å². The van der Waals surface area contributed by atoms with Crippen LogP contribution in [0.3, 0.4) is 0 Å². The number of nitrogens with zero attached hydrogens (tertiary/aromatic N) is 1. The van der Waals surface area contributed by atoms with Crippen LogP contribution >= 0.6 is 0 Å². The second kappa shape index (κ2) is 7.50. The Morgan fingerprint density at radius 1 is 1.06 bits per heavy atom. The number of benzene rings is 1. The fraction of sp³-hybridized carbons (Fsp3) is 0.625. The third-order valence-electron chi connectivity index (χ3n) is 3.19. The Hall–Kier alpha value is -0.820. The lowest BCUT2D eigenvalue weighted by Gasteiger charge is -2.10. The Morgan fingerprint density at radius 2 is 1.82 bits per heavy atom. The first-order valence-electron chi connectivity index (χ1n) is 6.83. The molecule has 0 spiro atoms. The first-order chi connectivity index (χ1) is 8.09. The predicted molar refractivity (Wildman–Crippen MR) is 76.6 cm³/mol. The van der Waals surface area contributed by atoms with Gasteiger partial charge in [-0.2, -0.15) is 0 Å². The Kier molecular flexibility index (Phi) is 6.28. The van der Waals surface area contributed by atoms with Crippen molar-refractivity contribution < 1.29 is 0 Å². The van der Waals surface area contributed by atoms with Crippen LogP contribution in [0, 0.1) is 0 Å². The van der Waals surface area contributed by atoms with Crippen molar-refractivity contribution in [1.82, 2.24) is 4.90 Å². The molecule has 0 saturated carbocycles. The van der Waals surface area contributed by atoms with Gasteiger partial charge < -0.3 is 4.90 Å². The molecule has 1 heteroatoms. The average molecular weight is 233 g/mol. The van der Waals surface area contributed by atoms with Crippen molar-refractivity contribution in [3.05, 3.63) is 35.4 Å². The molecule has 96 valence electrons. The van der Waals surface area contributed by atoms with Gasteiger partial charge in [-0.05, 0) is 56.9 Å². The molecule has 0 atom stereocenters. The maximum Gasteiger partial charge on any atom is -0.00248 e. The summed E-state index contributed by atoms with van der Waals surface area (Å²) in [6.07, 6.45) is 5.20. The third kappa shape index (κ3) is 5.88. The Bertz CT molecular complexity index is 315. The fourth-order valence-electron chi connectivity index (χ4n) is 2.04. The lowest BCUT2D eigenvalue weighted by atomic mass is 9.98. The first-order valence-corrected chi connectivity index (χ1v) is 6.83. The highest BCUT2D eigenvalue weighted by Gasteiger charge is 2.00. The minimum absolute atomic E-state index is 0.642. The minimum Gasteiger partial charge on any atom is -0.309 e. The van der Waals surface area contributed by atoms with Crippen LogP contribution in [0.15, 0.2) is 24.3 Å². The Balaban J connectivity index is 2.29. The van der Waals surface area contributed by atoms with Crippen molar-refractivity contribution in [2.24, 2.45) is 0 Å². The van der Waals surface area contributed by atoms with Gasteiger partial charge in [0.2, 0.25) is 0 Å². The molecule has 1 aromatic carbocycles. The lowest BCUT2D eigenvalue weighted by molar-refractivity contribution is 0.391. The van der Waals surface area contributed by atoms with E-state index >= 15 is 0 Å². The number of unbranched alkanes of at least 4 members (excludes halogenated alkanes) is 2. The van der Waals surface area contributed by atoms with E-state index in [1.807, 2.05) is 0 Å². The van der Waals surface area contributed by atoms with Gasteiger partial charge in [0.1, 0.15) is 0 Å². The van der Waals surface area contributed by atoms with Crippen molar-refractivity contribution in [3.63, 3.8) is 0 Å². The van der Waals surface area contributed by atoms with Crippen LogP contribution in [0.5, 0.6) is 0 Å². The topological polar surface area (TPSA) is 3.24 Å². The summed E-state index contributed by atoms with van der Waals surface area (Å²) in [6.45, 7) is 5.73. The number of hydrogen-bond donors (Lipinski definition) is 0. The van der Waals surface area contributed by atoms with Gasteiger partial charge in [0, 0.05) is 0 Å². The summed E-state index contributed by atoms with van der Waals surface area (Å²) >= 11 is 0. The highest BCUT2D eigenvalue weighted by atomic mass is 15.0. The molecule has 0 aliphatic rings. The van der Waals surface area contributed by atoms with Crippen LogP contribution < -0.4 is 0 Å². The summed E-state index contributed by atoms with van der Waals surface area (Å²) in [6, 6.07) is 9.07. The molecule has 0 N–H and O–H groups in total. The van der Waals surface area contributed by atoms with Crippen LogP contribution in [0.2, 0.25) is 0 Å². The molecule has 0 amide bonds. The largest absolute Gasteiger partial charge is 0.309 e. The third-order valence-corrected chi connectivity index (χ3v) is 3.19. The van der Waals surface area contributed by atoms with E-state index in [4.69, 9.17) is 0 Å². The van der Waals surface area contributed by atoms with Crippen molar-refractivity contribution in [1.29, 1.82) is 0 Å². The lowest BCUT2D eigenvalue weighted by Crippen LogP contribution is -2.12. The minimum atomic E-state index is 0.642. The maximum atomic E-state index is 2.37.